The van der Waals surface area contributed by atoms with E-state index in [0.717, 1.165) is 25.3 Å². The average molecular weight is 316 g/mol. The largest absolute Gasteiger partial charge is 0.375 e. The van der Waals surface area contributed by atoms with Gasteiger partial charge in [0.1, 0.15) is 0 Å². The van der Waals surface area contributed by atoms with Crippen LogP contribution in [0.3, 0.4) is 0 Å². The van der Waals surface area contributed by atoms with Crippen LogP contribution in [0.2, 0.25) is 5.02 Å². The molecule has 0 bridgehead atoms. The Kier molecular flexibility index (Phi) is 5.37. The molecule has 2 heterocycles. The maximum atomic E-state index is 5.94. The Hall–Kier alpha value is -1.14. The molecule has 0 radical (unpaired) electrons. The van der Waals surface area contributed by atoms with Crippen LogP contribution in [0.15, 0.2) is 28.8 Å². The van der Waals surface area contributed by atoms with Crippen LogP contribution in [-0.2, 0) is 11.2 Å². The summed E-state index contributed by atoms with van der Waals surface area (Å²) in [5.74, 6) is 1.14. The summed E-state index contributed by atoms with van der Waals surface area (Å²) in [6.07, 6.45) is 0.724. The Morgan fingerprint density at radius 3 is 3.05 bits per heavy atom. The van der Waals surface area contributed by atoms with Gasteiger partial charge in [0.15, 0.2) is 0 Å². The van der Waals surface area contributed by atoms with Crippen LogP contribution in [-0.4, -0.2) is 35.9 Å². The van der Waals surface area contributed by atoms with Crippen LogP contribution in [0.4, 0.5) is 0 Å². The van der Waals surface area contributed by atoms with E-state index in [0.29, 0.717) is 23.2 Å². The van der Waals surface area contributed by atoms with Gasteiger partial charge < -0.3 is 14.6 Å². The number of ether oxygens (including phenoxy) is 1. The maximum absolute atomic E-state index is 5.94. The van der Waals surface area contributed by atoms with Crippen molar-refractivity contribution in [3.63, 3.8) is 0 Å². The Bertz CT molecular complexity index is 556. The fourth-order valence-electron chi connectivity index (χ4n) is 2.03. The molecule has 0 spiro atoms. The van der Waals surface area contributed by atoms with Gasteiger partial charge in [0.25, 0.3) is 0 Å². The Morgan fingerprint density at radius 2 is 2.30 bits per heavy atom. The predicted octanol–water partition coefficient (Wildman–Crippen LogP) is 2.34. The van der Waals surface area contributed by atoms with E-state index in [1.807, 2.05) is 24.3 Å². The summed E-state index contributed by atoms with van der Waals surface area (Å²) in [5.41, 5.74) is 0.852. The van der Waals surface area contributed by atoms with Gasteiger partial charge in [-0.3, -0.25) is 0 Å². The normalized spacial score (nSPS) is 18.6. The summed E-state index contributed by atoms with van der Waals surface area (Å²) in [5, 5.41) is 7.90. The number of rotatable bonds is 3. The molecule has 1 aromatic heterocycles. The number of morpholine rings is 1. The third kappa shape index (κ3) is 3.70. The zero-order chi connectivity index (χ0) is 13.1. The van der Waals surface area contributed by atoms with Crippen LogP contribution < -0.4 is 5.32 Å². The van der Waals surface area contributed by atoms with Gasteiger partial charge in [0.2, 0.25) is 11.7 Å². The van der Waals surface area contributed by atoms with Gasteiger partial charge in [-0.2, -0.15) is 4.98 Å². The van der Waals surface area contributed by atoms with E-state index in [1.165, 1.54) is 0 Å². The molecule has 1 aliphatic heterocycles. The molecule has 2 aromatic rings. The lowest BCUT2D eigenvalue weighted by molar-refractivity contribution is 0.0246. The summed E-state index contributed by atoms with van der Waals surface area (Å²) in [4.78, 5) is 4.37. The van der Waals surface area contributed by atoms with Crippen LogP contribution in [0.5, 0.6) is 0 Å². The fourth-order valence-corrected chi connectivity index (χ4v) is 2.22. The maximum Gasteiger partial charge on any atom is 0.229 e. The molecule has 0 saturated carbocycles. The number of halogens is 2. The molecule has 108 valence electrons. The van der Waals surface area contributed by atoms with Crippen molar-refractivity contribution in [1.29, 1.82) is 0 Å². The molecule has 1 aromatic carbocycles. The molecule has 1 N–H and O–H groups in total. The molecule has 3 rings (SSSR count). The minimum absolute atomic E-state index is 0. The van der Waals surface area contributed by atoms with Crippen LogP contribution in [0.25, 0.3) is 11.4 Å². The lowest BCUT2D eigenvalue weighted by atomic mass is 10.2. The molecular formula is C13H15Cl2N3O2. The minimum Gasteiger partial charge on any atom is -0.375 e. The van der Waals surface area contributed by atoms with Crippen molar-refractivity contribution in [2.45, 2.75) is 12.5 Å². The highest BCUT2D eigenvalue weighted by Gasteiger charge is 2.18. The van der Waals surface area contributed by atoms with Crippen molar-refractivity contribution >= 4 is 24.0 Å². The lowest BCUT2D eigenvalue weighted by Gasteiger charge is -2.21. The molecular weight excluding hydrogens is 301 g/mol. The van der Waals surface area contributed by atoms with E-state index in [-0.39, 0.29) is 18.5 Å². The molecule has 1 saturated heterocycles. The average Bonchev–Trinajstić information content (AvgIpc) is 2.88. The number of nitrogens with one attached hydrogen (secondary N) is 1. The van der Waals surface area contributed by atoms with Gasteiger partial charge in [-0.15, -0.1) is 12.4 Å². The van der Waals surface area contributed by atoms with Gasteiger partial charge in [-0.25, -0.2) is 0 Å². The molecule has 0 amide bonds. The third-order valence-corrected chi connectivity index (χ3v) is 3.19. The summed E-state index contributed by atoms with van der Waals surface area (Å²) in [6.45, 7) is 2.43. The van der Waals surface area contributed by atoms with Crippen LogP contribution in [0, 0.1) is 0 Å². The monoisotopic (exact) mass is 315 g/mol. The Labute approximate surface area is 128 Å². The molecule has 20 heavy (non-hydrogen) atoms. The third-order valence-electron chi connectivity index (χ3n) is 2.96. The minimum atomic E-state index is 0. The number of hydrogen-bond acceptors (Lipinski definition) is 5. The van der Waals surface area contributed by atoms with E-state index >= 15 is 0 Å². The molecule has 1 fully saturated rings. The standard InChI is InChI=1S/C13H14ClN3O2.ClH/c14-10-3-1-2-9(6-10)13-16-12(19-17-13)7-11-8-15-4-5-18-11;/h1-3,6,11,15H,4-5,7-8H2;1H. The van der Waals surface area contributed by atoms with Gasteiger partial charge >= 0.3 is 0 Å². The quantitative estimate of drug-likeness (QED) is 0.942. The second-order valence-corrected chi connectivity index (χ2v) is 4.86. The second-order valence-electron chi connectivity index (χ2n) is 4.42. The highest BCUT2D eigenvalue weighted by atomic mass is 35.5. The first-order valence-corrected chi connectivity index (χ1v) is 6.60. The lowest BCUT2D eigenvalue weighted by Crippen LogP contribution is -2.39. The van der Waals surface area contributed by atoms with E-state index in [4.69, 9.17) is 20.9 Å². The van der Waals surface area contributed by atoms with E-state index < -0.39 is 0 Å². The summed E-state index contributed by atoms with van der Waals surface area (Å²) >= 11 is 5.94. The van der Waals surface area contributed by atoms with Gasteiger partial charge in [0, 0.05) is 23.7 Å². The van der Waals surface area contributed by atoms with E-state index in [9.17, 15) is 0 Å². The van der Waals surface area contributed by atoms with Crippen molar-refractivity contribution in [2.75, 3.05) is 19.7 Å². The predicted molar refractivity (Wildman–Crippen MR) is 78.3 cm³/mol. The van der Waals surface area contributed by atoms with E-state index in [2.05, 4.69) is 15.5 Å². The zero-order valence-corrected chi connectivity index (χ0v) is 12.3. The summed E-state index contributed by atoms with van der Waals surface area (Å²) in [6, 6.07) is 7.39. The highest BCUT2D eigenvalue weighted by Crippen LogP contribution is 2.20. The first-order chi connectivity index (χ1) is 9.31. The molecule has 5 nitrogen and oxygen atoms in total. The van der Waals surface area contributed by atoms with Crippen molar-refractivity contribution in [3.05, 3.63) is 35.2 Å². The first kappa shape index (κ1) is 15.3. The smallest absolute Gasteiger partial charge is 0.229 e. The molecule has 1 atom stereocenters. The summed E-state index contributed by atoms with van der Waals surface area (Å²) in [7, 11) is 0. The van der Waals surface area contributed by atoms with Crippen molar-refractivity contribution in [3.8, 4) is 11.4 Å². The second kappa shape index (κ2) is 7.04. The first-order valence-electron chi connectivity index (χ1n) is 6.22. The van der Waals surface area contributed by atoms with Gasteiger partial charge in [-0.05, 0) is 12.1 Å². The van der Waals surface area contributed by atoms with Crippen molar-refractivity contribution in [2.24, 2.45) is 0 Å². The SMILES string of the molecule is Cl.Clc1cccc(-c2noc(CC3CNCCO3)n2)c1. The van der Waals surface area contributed by atoms with Crippen molar-refractivity contribution < 1.29 is 9.26 Å². The highest BCUT2D eigenvalue weighted by molar-refractivity contribution is 6.30. The molecule has 1 unspecified atom stereocenters. The molecule has 7 heteroatoms. The van der Waals surface area contributed by atoms with Crippen LogP contribution in [0.1, 0.15) is 5.89 Å². The Morgan fingerprint density at radius 1 is 1.40 bits per heavy atom. The number of aromatic nitrogens is 2. The number of benzene rings is 1. The molecule has 1 aliphatic rings. The number of hydrogen-bond donors (Lipinski definition) is 1. The van der Waals surface area contributed by atoms with Crippen molar-refractivity contribution in [1.82, 2.24) is 15.5 Å². The fraction of sp³-hybridized carbons (Fsp3) is 0.385. The van der Waals surface area contributed by atoms with Gasteiger partial charge in [0.05, 0.1) is 19.1 Å². The van der Waals surface area contributed by atoms with Gasteiger partial charge in [-0.1, -0.05) is 28.9 Å². The molecule has 0 aliphatic carbocycles. The van der Waals surface area contributed by atoms with Crippen LogP contribution >= 0.6 is 24.0 Å². The van der Waals surface area contributed by atoms with E-state index in [1.54, 1.807) is 0 Å². The topological polar surface area (TPSA) is 60.2 Å². The zero-order valence-electron chi connectivity index (χ0n) is 10.7. The summed E-state index contributed by atoms with van der Waals surface area (Å²) < 4.78 is 10.9. The Balaban J connectivity index is 0.00000147. The number of nitrogens with zero attached hydrogens (tertiary/aromatic N) is 2.